The molecule has 9 heteroatoms. The van der Waals surface area contributed by atoms with Gasteiger partial charge < -0.3 is 15.2 Å². The van der Waals surface area contributed by atoms with Crippen LogP contribution >= 0.6 is 11.6 Å². The molecule has 0 aliphatic heterocycles. The summed E-state index contributed by atoms with van der Waals surface area (Å²) in [6.45, 7) is 1.87. The number of likely N-dealkylation sites (N-methyl/N-ethyl adjacent to an activating group) is 1. The fourth-order valence-electron chi connectivity index (χ4n) is 1.84. The Morgan fingerprint density at radius 2 is 2.18 bits per heavy atom. The molecule has 0 fully saturated rings. The smallest absolute Gasteiger partial charge is 0.241 e. The number of anilines is 1. The van der Waals surface area contributed by atoms with Crippen molar-refractivity contribution in [2.24, 2.45) is 0 Å². The van der Waals surface area contributed by atoms with Gasteiger partial charge in [-0.2, -0.15) is 5.10 Å². The Kier molecular flexibility index (Phi) is 5.16. The Morgan fingerprint density at radius 3 is 2.82 bits per heavy atom. The van der Waals surface area contributed by atoms with Crippen LogP contribution in [0.1, 0.15) is 17.7 Å². The average molecular weight is 326 g/mol. The molecular formula is C13H16ClN5O3. The van der Waals surface area contributed by atoms with Gasteiger partial charge in [0.1, 0.15) is 6.54 Å². The number of carbonyl (C=O) groups is 2. The van der Waals surface area contributed by atoms with Gasteiger partial charge in [-0.1, -0.05) is 5.16 Å². The lowest BCUT2D eigenvalue weighted by atomic mass is 10.1. The summed E-state index contributed by atoms with van der Waals surface area (Å²) >= 11 is 5.84. The highest BCUT2D eigenvalue weighted by atomic mass is 35.5. The molecule has 2 aromatic rings. The van der Waals surface area contributed by atoms with Crippen molar-refractivity contribution in [1.29, 1.82) is 0 Å². The SMILES string of the molecule is CNC(=O)Cn1cc(NC(=O)CCc2c(C)noc2Cl)cn1. The van der Waals surface area contributed by atoms with Gasteiger partial charge in [0.2, 0.25) is 17.0 Å². The maximum atomic E-state index is 11.9. The van der Waals surface area contributed by atoms with Crippen LogP contribution < -0.4 is 10.6 Å². The van der Waals surface area contributed by atoms with Crippen LogP contribution in [0.5, 0.6) is 0 Å². The van der Waals surface area contributed by atoms with Crippen molar-refractivity contribution < 1.29 is 14.1 Å². The van der Waals surface area contributed by atoms with Gasteiger partial charge >= 0.3 is 0 Å². The van der Waals surface area contributed by atoms with Crippen LogP contribution in [0.2, 0.25) is 5.22 Å². The van der Waals surface area contributed by atoms with Gasteiger partial charge in [0, 0.05) is 25.2 Å². The summed E-state index contributed by atoms with van der Waals surface area (Å²) in [6.07, 6.45) is 3.75. The molecule has 0 unspecified atom stereocenters. The summed E-state index contributed by atoms with van der Waals surface area (Å²) < 4.78 is 6.27. The number of aromatic nitrogens is 3. The van der Waals surface area contributed by atoms with Crippen molar-refractivity contribution in [3.63, 3.8) is 0 Å². The van der Waals surface area contributed by atoms with Crippen molar-refractivity contribution in [3.8, 4) is 0 Å². The lowest BCUT2D eigenvalue weighted by molar-refractivity contribution is -0.121. The number of nitrogens with zero attached hydrogens (tertiary/aromatic N) is 3. The molecule has 0 atom stereocenters. The number of carbonyl (C=O) groups excluding carboxylic acids is 2. The average Bonchev–Trinajstić information content (AvgIpc) is 3.04. The highest BCUT2D eigenvalue weighted by Crippen LogP contribution is 2.20. The van der Waals surface area contributed by atoms with Crippen molar-refractivity contribution >= 4 is 29.1 Å². The van der Waals surface area contributed by atoms with Crippen molar-refractivity contribution in [2.75, 3.05) is 12.4 Å². The Bertz CT molecular complexity index is 660. The molecule has 0 aliphatic rings. The summed E-state index contributed by atoms with van der Waals surface area (Å²) in [7, 11) is 1.55. The Labute approximate surface area is 131 Å². The fourth-order valence-corrected chi connectivity index (χ4v) is 2.11. The normalized spacial score (nSPS) is 10.5. The monoisotopic (exact) mass is 325 g/mol. The van der Waals surface area contributed by atoms with Crippen LogP contribution in [0.4, 0.5) is 5.69 Å². The first-order chi connectivity index (χ1) is 10.5. The molecule has 0 spiro atoms. The lowest BCUT2D eigenvalue weighted by Crippen LogP contribution is -2.23. The zero-order chi connectivity index (χ0) is 16.1. The third kappa shape index (κ3) is 4.08. The standard InChI is InChI=1S/C13H16ClN5O3/c1-8-10(13(14)22-18-8)3-4-11(20)17-9-5-16-19(6-9)7-12(21)15-2/h5-6H,3-4,7H2,1-2H3,(H,15,21)(H,17,20). The lowest BCUT2D eigenvalue weighted by Gasteiger charge is -2.02. The van der Waals surface area contributed by atoms with Crippen LogP contribution in [-0.4, -0.2) is 33.8 Å². The summed E-state index contributed by atoms with van der Waals surface area (Å²) in [4.78, 5) is 23.1. The van der Waals surface area contributed by atoms with E-state index in [1.807, 2.05) is 0 Å². The van der Waals surface area contributed by atoms with Gasteiger partial charge in [-0.25, -0.2) is 0 Å². The first-order valence-electron chi connectivity index (χ1n) is 6.63. The van der Waals surface area contributed by atoms with Crippen molar-refractivity contribution in [3.05, 3.63) is 28.9 Å². The third-order valence-corrected chi connectivity index (χ3v) is 3.34. The van der Waals surface area contributed by atoms with Gasteiger partial charge in [0.15, 0.2) is 0 Å². The van der Waals surface area contributed by atoms with E-state index in [1.54, 1.807) is 20.2 Å². The van der Waals surface area contributed by atoms with E-state index >= 15 is 0 Å². The van der Waals surface area contributed by atoms with Gasteiger partial charge in [-0.15, -0.1) is 0 Å². The zero-order valence-corrected chi connectivity index (χ0v) is 13.0. The molecule has 0 bridgehead atoms. The third-order valence-electron chi connectivity index (χ3n) is 3.04. The molecule has 2 N–H and O–H groups in total. The van der Waals surface area contributed by atoms with E-state index in [-0.39, 0.29) is 30.0 Å². The minimum atomic E-state index is -0.184. The second kappa shape index (κ2) is 7.08. The summed E-state index contributed by atoms with van der Waals surface area (Å²) in [5, 5.41) is 13.1. The molecule has 0 saturated carbocycles. The van der Waals surface area contributed by atoms with E-state index in [0.29, 0.717) is 17.8 Å². The van der Waals surface area contributed by atoms with Crippen LogP contribution in [0.3, 0.4) is 0 Å². The van der Waals surface area contributed by atoms with Crippen molar-refractivity contribution in [2.45, 2.75) is 26.3 Å². The summed E-state index contributed by atoms with van der Waals surface area (Å²) in [5.41, 5.74) is 1.94. The highest BCUT2D eigenvalue weighted by Gasteiger charge is 2.13. The van der Waals surface area contributed by atoms with Crippen LogP contribution in [0, 0.1) is 6.92 Å². The minimum absolute atomic E-state index is 0.0991. The summed E-state index contributed by atoms with van der Waals surface area (Å²) in [6, 6.07) is 0. The number of hydrogen-bond acceptors (Lipinski definition) is 5. The fraction of sp³-hybridized carbons (Fsp3) is 0.385. The Hall–Kier alpha value is -2.35. The largest absolute Gasteiger partial charge is 0.358 e. The molecule has 0 aliphatic carbocycles. The van der Waals surface area contributed by atoms with Gasteiger partial charge in [0.25, 0.3) is 0 Å². The van der Waals surface area contributed by atoms with E-state index in [4.69, 9.17) is 16.1 Å². The first kappa shape index (κ1) is 16.0. The second-order valence-corrected chi connectivity index (χ2v) is 5.01. The first-order valence-corrected chi connectivity index (χ1v) is 7.01. The zero-order valence-electron chi connectivity index (χ0n) is 12.2. The van der Waals surface area contributed by atoms with E-state index in [0.717, 1.165) is 5.56 Å². The molecular weight excluding hydrogens is 310 g/mol. The number of hydrogen-bond donors (Lipinski definition) is 2. The number of rotatable bonds is 6. The maximum Gasteiger partial charge on any atom is 0.241 e. The molecule has 118 valence electrons. The second-order valence-electron chi connectivity index (χ2n) is 4.67. The van der Waals surface area contributed by atoms with Crippen LogP contribution in [-0.2, 0) is 22.6 Å². The number of nitrogens with one attached hydrogen (secondary N) is 2. The predicted molar refractivity (Wildman–Crippen MR) is 79.5 cm³/mol. The van der Waals surface area contributed by atoms with Crippen LogP contribution in [0.25, 0.3) is 0 Å². The number of amides is 2. The van der Waals surface area contributed by atoms with E-state index in [1.165, 1.54) is 10.9 Å². The Balaban J connectivity index is 1.86. The van der Waals surface area contributed by atoms with E-state index in [2.05, 4.69) is 20.9 Å². The maximum absolute atomic E-state index is 11.9. The summed E-state index contributed by atoms with van der Waals surface area (Å²) in [5.74, 6) is -0.352. The molecule has 0 aromatic carbocycles. The topological polar surface area (TPSA) is 102 Å². The van der Waals surface area contributed by atoms with Crippen LogP contribution in [0.15, 0.2) is 16.9 Å². The van der Waals surface area contributed by atoms with Gasteiger partial charge in [-0.3, -0.25) is 14.3 Å². The minimum Gasteiger partial charge on any atom is -0.358 e. The molecule has 8 nitrogen and oxygen atoms in total. The van der Waals surface area contributed by atoms with Crippen molar-refractivity contribution in [1.82, 2.24) is 20.3 Å². The predicted octanol–water partition coefficient (Wildman–Crippen LogP) is 1.15. The molecule has 2 heterocycles. The van der Waals surface area contributed by atoms with E-state index < -0.39 is 0 Å². The molecule has 22 heavy (non-hydrogen) atoms. The van der Waals surface area contributed by atoms with E-state index in [9.17, 15) is 9.59 Å². The van der Waals surface area contributed by atoms with Gasteiger partial charge in [-0.05, 0) is 24.9 Å². The number of aryl methyl sites for hydroxylation is 1. The number of halogens is 1. The quantitative estimate of drug-likeness (QED) is 0.829. The molecule has 2 amide bonds. The molecule has 2 aromatic heterocycles. The molecule has 0 radical (unpaired) electrons. The molecule has 2 rings (SSSR count). The highest BCUT2D eigenvalue weighted by molar-refractivity contribution is 6.29. The Morgan fingerprint density at radius 1 is 1.41 bits per heavy atom. The van der Waals surface area contributed by atoms with Gasteiger partial charge in [0.05, 0.1) is 17.6 Å². The molecule has 0 saturated heterocycles.